The largest absolute Gasteiger partial charge is 0.394 e. The van der Waals surface area contributed by atoms with Crippen LogP contribution in [0.2, 0.25) is 0 Å². The summed E-state index contributed by atoms with van der Waals surface area (Å²) in [5.74, 6) is 0. The van der Waals surface area contributed by atoms with Crippen LogP contribution in [0.4, 0.5) is 0 Å². The monoisotopic (exact) mass is 938 g/mol. The van der Waals surface area contributed by atoms with Gasteiger partial charge in [0.25, 0.3) is 0 Å². The van der Waals surface area contributed by atoms with E-state index < -0.39 is 148 Å². The van der Waals surface area contributed by atoms with Gasteiger partial charge in [-0.2, -0.15) is 0 Å². The van der Waals surface area contributed by atoms with Crippen molar-refractivity contribution in [3.05, 3.63) is 48.1 Å². The van der Waals surface area contributed by atoms with Crippen LogP contribution in [-0.2, 0) is 37.9 Å². The second kappa shape index (κ2) is 25.1. The molecule has 0 aliphatic carbocycles. The highest BCUT2D eigenvalue weighted by Gasteiger charge is 2.52. The molecule has 0 amide bonds. The molecule has 22 unspecified atom stereocenters. The zero-order valence-electron chi connectivity index (χ0n) is 37.7. The summed E-state index contributed by atoms with van der Waals surface area (Å²) in [5, 5.41) is 135. The topological polar surface area (TPSA) is 337 Å². The number of allylic oxidation sites excluding steroid dienone is 3. The van der Waals surface area contributed by atoms with E-state index in [1.165, 1.54) is 13.8 Å². The van der Waals surface area contributed by atoms with Gasteiger partial charge in [-0.3, -0.25) is 0 Å². The number of rotatable bonds is 22. The first-order valence-electron chi connectivity index (χ1n) is 22.1. The van der Waals surface area contributed by atoms with Gasteiger partial charge in [0.15, 0.2) is 25.2 Å². The van der Waals surface area contributed by atoms with Crippen LogP contribution in [-0.4, -0.2) is 221 Å². The molecule has 0 saturated carbocycles. The first kappa shape index (κ1) is 55.7. The van der Waals surface area contributed by atoms with Crippen molar-refractivity contribution in [2.24, 2.45) is 0 Å². The van der Waals surface area contributed by atoms with Crippen molar-refractivity contribution in [2.45, 2.75) is 208 Å². The lowest BCUT2D eigenvalue weighted by molar-refractivity contribution is -0.363. The lowest BCUT2D eigenvalue weighted by atomic mass is 9.95. The Bertz CT molecular complexity index is 1550. The lowest BCUT2D eigenvalue weighted by Crippen LogP contribution is -2.64. The minimum Gasteiger partial charge on any atom is -0.394 e. The van der Waals surface area contributed by atoms with Crippen LogP contribution >= 0.6 is 0 Å². The highest BCUT2D eigenvalue weighted by atomic mass is 16.8. The van der Waals surface area contributed by atoms with Gasteiger partial charge in [-0.25, -0.2) is 0 Å². The van der Waals surface area contributed by atoms with Crippen molar-refractivity contribution in [1.82, 2.24) is 0 Å². The number of hydrogen-bond acceptors (Lipinski definition) is 21. The predicted octanol–water partition coefficient (Wildman–Crippen LogP) is -2.58. The smallest absolute Gasteiger partial charge is 0.187 e. The minimum atomic E-state index is -1.76. The molecule has 4 aliphatic heterocycles. The molecule has 4 aliphatic rings. The van der Waals surface area contributed by atoms with Gasteiger partial charge in [0.05, 0.1) is 43.7 Å². The first-order chi connectivity index (χ1) is 30.5. The fourth-order valence-corrected chi connectivity index (χ4v) is 7.83. The van der Waals surface area contributed by atoms with E-state index in [2.05, 4.69) is 13.2 Å². The third-order valence-corrected chi connectivity index (χ3v) is 12.5. The highest BCUT2D eigenvalue weighted by molar-refractivity contribution is 5.09. The summed E-state index contributed by atoms with van der Waals surface area (Å²) < 4.78 is 45.9. The van der Waals surface area contributed by atoms with E-state index in [9.17, 15) is 66.4 Å². The van der Waals surface area contributed by atoms with Gasteiger partial charge in [0.1, 0.15) is 85.5 Å². The molecule has 376 valence electrons. The van der Waals surface area contributed by atoms with E-state index in [0.29, 0.717) is 49.7 Å². The molecule has 0 aromatic rings. The number of aliphatic hydroxyl groups is 13. The summed E-state index contributed by atoms with van der Waals surface area (Å²) in [6.07, 6.45) is -21.7. The van der Waals surface area contributed by atoms with Crippen LogP contribution in [0.3, 0.4) is 0 Å². The average molecular weight is 939 g/mol. The second-order valence-electron chi connectivity index (χ2n) is 17.9. The van der Waals surface area contributed by atoms with Gasteiger partial charge in [-0.15, -0.1) is 6.58 Å². The zero-order chi connectivity index (χ0) is 48.5. The van der Waals surface area contributed by atoms with Crippen molar-refractivity contribution in [1.29, 1.82) is 0 Å². The molecule has 4 rings (SSSR count). The normalized spacial score (nSPS) is 42.3. The van der Waals surface area contributed by atoms with E-state index in [1.807, 2.05) is 19.1 Å². The van der Waals surface area contributed by atoms with Gasteiger partial charge in [0, 0.05) is 0 Å². The summed E-state index contributed by atoms with van der Waals surface area (Å²) in [6.45, 7) is 15.1. The maximum atomic E-state index is 11.3. The molecule has 4 fully saturated rings. The lowest BCUT2D eigenvalue weighted by Gasteiger charge is -2.46. The van der Waals surface area contributed by atoms with Gasteiger partial charge < -0.3 is 104 Å². The molecule has 0 aromatic carbocycles. The maximum absolute atomic E-state index is 11.3. The SMILES string of the molecule is C=CC(C)(CCC=C(C)CCC(O)C(=C)CCC=C(C)COC1OC(COC2OC(C)C(O)C(O)C2O)C(OC2OC(C)C(O)C(O)C2O)C(O)C1O)OC1OC(CO)C(O)C(O)C1O. The van der Waals surface area contributed by atoms with Crippen LogP contribution in [0.15, 0.2) is 48.1 Å². The molecular formula is C44H74O21. The molecule has 0 spiro atoms. The molecule has 21 heteroatoms. The molecule has 22 atom stereocenters. The summed E-state index contributed by atoms with van der Waals surface area (Å²) >= 11 is 0. The molecule has 65 heavy (non-hydrogen) atoms. The van der Waals surface area contributed by atoms with Crippen LogP contribution in [0.1, 0.15) is 73.1 Å². The number of aliphatic hydroxyl groups excluding tert-OH is 13. The quantitative estimate of drug-likeness (QED) is 0.0496. The maximum Gasteiger partial charge on any atom is 0.187 e. The Morgan fingerprint density at radius 2 is 1.15 bits per heavy atom. The van der Waals surface area contributed by atoms with E-state index in [-0.39, 0.29) is 6.61 Å². The Morgan fingerprint density at radius 3 is 1.77 bits per heavy atom. The summed E-state index contributed by atoms with van der Waals surface area (Å²) in [5.41, 5.74) is 1.36. The predicted molar refractivity (Wildman–Crippen MR) is 226 cm³/mol. The third-order valence-electron chi connectivity index (χ3n) is 12.5. The van der Waals surface area contributed by atoms with Crippen molar-refractivity contribution < 1.29 is 104 Å². The van der Waals surface area contributed by atoms with E-state index >= 15 is 0 Å². The molecule has 4 saturated heterocycles. The second-order valence-corrected chi connectivity index (χ2v) is 17.9. The number of ether oxygens (including phenoxy) is 8. The van der Waals surface area contributed by atoms with Crippen LogP contribution in [0.5, 0.6) is 0 Å². The summed E-state index contributed by atoms with van der Waals surface area (Å²) in [4.78, 5) is 0. The Labute approximate surface area is 379 Å². The average Bonchev–Trinajstić information content (AvgIpc) is 3.28. The van der Waals surface area contributed by atoms with Crippen molar-refractivity contribution in [3.8, 4) is 0 Å². The van der Waals surface area contributed by atoms with E-state index in [1.54, 1.807) is 19.9 Å². The van der Waals surface area contributed by atoms with E-state index in [0.717, 1.165) is 5.57 Å². The number of hydrogen-bond donors (Lipinski definition) is 13. The van der Waals surface area contributed by atoms with Crippen molar-refractivity contribution in [2.75, 3.05) is 19.8 Å². The molecule has 21 nitrogen and oxygen atoms in total. The molecular weight excluding hydrogens is 864 g/mol. The molecule has 0 bridgehead atoms. The molecule has 4 heterocycles. The third kappa shape index (κ3) is 14.6. The Hall–Kier alpha value is -1.88. The van der Waals surface area contributed by atoms with Gasteiger partial charge in [-0.05, 0) is 78.7 Å². The molecule has 0 radical (unpaired) electrons. The summed E-state index contributed by atoms with van der Waals surface area (Å²) in [6, 6.07) is 0. The van der Waals surface area contributed by atoms with Crippen molar-refractivity contribution in [3.63, 3.8) is 0 Å². The fraction of sp³-hybridized carbons (Fsp3) is 0.818. The minimum absolute atomic E-state index is 0.0664. The van der Waals surface area contributed by atoms with Gasteiger partial charge in [-0.1, -0.05) is 36.0 Å². The zero-order valence-corrected chi connectivity index (χ0v) is 37.7. The van der Waals surface area contributed by atoms with Gasteiger partial charge in [0.2, 0.25) is 0 Å². The fourth-order valence-electron chi connectivity index (χ4n) is 7.83. The van der Waals surface area contributed by atoms with Crippen LogP contribution < -0.4 is 0 Å². The standard InChI is InChI=1S/C44H74O21/c1-8-44(7,65-43-37(56)33(52)30(49)26(17-45)62-43)16-10-12-20(2)14-15-25(46)22(4)13-9-11-21(3)18-58-41-38(57)34(53)39(64-42-36(55)32(51)29(48)24(6)61-42)27(63-41)19-59-40-35(54)31(50)28(47)23(5)60-40/h8,11-12,23-43,45-57H,1,4,9-10,13-19H2,2-3,5-7H3. The summed E-state index contributed by atoms with van der Waals surface area (Å²) in [7, 11) is 0. The van der Waals surface area contributed by atoms with Crippen LogP contribution in [0.25, 0.3) is 0 Å². The molecule has 0 aromatic heterocycles. The Kier molecular flexibility index (Phi) is 21.5. The van der Waals surface area contributed by atoms with Gasteiger partial charge >= 0.3 is 0 Å². The van der Waals surface area contributed by atoms with E-state index in [4.69, 9.17) is 37.9 Å². The Morgan fingerprint density at radius 1 is 0.631 bits per heavy atom. The Balaban J connectivity index is 1.26. The van der Waals surface area contributed by atoms with Crippen LogP contribution in [0, 0.1) is 0 Å². The first-order valence-corrected chi connectivity index (χ1v) is 22.1. The highest BCUT2D eigenvalue weighted by Crippen LogP contribution is 2.33. The van der Waals surface area contributed by atoms with Crippen molar-refractivity contribution >= 4 is 0 Å². The molecule has 13 N–H and O–H groups in total.